The van der Waals surface area contributed by atoms with Gasteiger partial charge in [-0.15, -0.1) is 0 Å². The van der Waals surface area contributed by atoms with Crippen LogP contribution in [0.1, 0.15) is 11.6 Å². The second-order valence-electron chi connectivity index (χ2n) is 4.01. The van der Waals surface area contributed by atoms with Crippen molar-refractivity contribution in [3.63, 3.8) is 0 Å². The van der Waals surface area contributed by atoms with Gasteiger partial charge in [0.25, 0.3) is 0 Å². The number of benzene rings is 1. The molecule has 1 aromatic rings. The number of amides is 1. The first-order chi connectivity index (χ1) is 8.16. The van der Waals surface area contributed by atoms with E-state index >= 15 is 0 Å². The monoisotopic (exact) mass is 234 g/mol. The summed E-state index contributed by atoms with van der Waals surface area (Å²) in [6, 6.07) is 9.71. The molecule has 1 heterocycles. The zero-order valence-electron chi connectivity index (χ0n) is 9.30. The summed E-state index contributed by atoms with van der Waals surface area (Å²) in [5, 5.41) is 11.8. The Hall–Kier alpha value is -1.88. The smallest absolute Gasteiger partial charge is 0.323 e. The number of carboxylic acids is 1. The minimum absolute atomic E-state index is 0.00764. The minimum Gasteiger partial charge on any atom is -0.480 e. The topological polar surface area (TPSA) is 69.6 Å². The molecule has 0 spiro atoms. The molecule has 0 unspecified atom stereocenters. The number of carbonyl (C=O) groups is 2. The molecule has 1 fully saturated rings. The summed E-state index contributed by atoms with van der Waals surface area (Å²) in [6.45, 7) is 0.353. The van der Waals surface area contributed by atoms with Crippen molar-refractivity contribution in [2.75, 3.05) is 19.6 Å². The molecule has 0 radical (unpaired) electrons. The number of hydrogen-bond acceptors (Lipinski definition) is 3. The fourth-order valence-corrected chi connectivity index (χ4v) is 1.93. The highest BCUT2D eigenvalue weighted by Gasteiger charge is 2.27. The Morgan fingerprint density at radius 1 is 1.41 bits per heavy atom. The molecule has 1 aliphatic heterocycles. The van der Waals surface area contributed by atoms with Crippen LogP contribution in [0.2, 0.25) is 0 Å². The number of piperazine rings is 1. The van der Waals surface area contributed by atoms with Crippen LogP contribution in [0.5, 0.6) is 0 Å². The third-order valence-corrected chi connectivity index (χ3v) is 2.78. The van der Waals surface area contributed by atoms with Crippen molar-refractivity contribution in [1.82, 2.24) is 10.2 Å². The van der Waals surface area contributed by atoms with Gasteiger partial charge in [-0.3, -0.25) is 14.9 Å². The maximum Gasteiger partial charge on any atom is 0.323 e. The lowest BCUT2D eigenvalue weighted by Crippen LogP contribution is -2.51. The summed E-state index contributed by atoms with van der Waals surface area (Å²) in [6.07, 6.45) is 0. The van der Waals surface area contributed by atoms with Crippen molar-refractivity contribution < 1.29 is 14.7 Å². The van der Waals surface area contributed by atoms with Gasteiger partial charge in [0.1, 0.15) is 6.54 Å². The third kappa shape index (κ3) is 2.82. The Kier molecular flexibility index (Phi) is 3.39. The average molecular weight is 234 g/mol. The van der Waals surface area contributed by atoms with Crippen LogP contribution >= 0.6 is 0 Å². The molecule has 17 heavy (non-hydrogen) atoms. The van der Waals surface area contributed by atoms with Gasteiger partial charge < -0.3 is 10.0 Å². The van der Waals surface area contributed by atoms with Gasteiger partial charge in [0.2, 0.25) is 5.91 Å². The van der Waals surface area contributed by atoms with Crippen molar-refractivity contribution in [1.29, 1.82) is 0 Å². The van der Waals surface area contributed by atoms with E-state index in [2.05, 4.69) is 5.32 Å². The molecular formula is C12H14N2O3. The Balaban J connectivity index is 2.07. The highest BCUT2D eigenvalue weighted by atomic mass is 16.4. The summed E-state index contributed by atoms with van der Waals surface area (Å²) >= 11 is 0. The summed E-state index contributed by atoms with van der Waals surface area (Å²) in [4.78, 5) is 23.5. The van der Waals surface area contributed by atoms with E-state index in [1.54, 1.807) is 0 Å². The number of nitrogens with one attached hydrogen (secondary N) is 1. The first-order valence-electron chi connectivity index (χ1n) is 5.44. The zero-order chi connectivity index (χ0) is 12.3. The van der Waals surface area contributed by atoms with Gasteiger partial charge in [-0.1, -0.05) is 30.3 Å². The molecule has 1 atom stereocenters. The highest BCUT2D eigenvalue weighted by Crippen LogP contribution is 2.17. The van der Waals surface area contributed by atoms with E-state index in [0.717, 1.165) is 5.56 Å². The number of nitrogens with zero attached hydrogens (tertiary/aromatic N) is 1. The Morgan fingerprint density at radius 3 is 2.76 bits per heavy atom. The Bertz CT molecular complexity index is 419. The van der Waals surface area contributed by atoms with Crippen LogP contribution in [0.4, 0.5) is 0 Å². The lowest BCUT2D eigenvalue weighted by atomic mass is 10.0. The van der Waals surface area contributed by atoms with Crippen molar-refractivity contribution in [3.8, 4) is 0 Å². The molecule has 1 amide bonds. The van der Waals surface area contributed by atoms with Gasteiger partial charge in [0.15, 0.2) is 0 Å². The molecule has 1 saturated heterocycles. The van der Waals surface area contributed by atoms with Crippen molar-refractivity contribution in [2.45, 2.75) is 6.04 Å². The largest absolute Gasteiger partial charge is 0.480 e. The van der Waals surface area contributed by atoms with Gasteiger partial charge in [-0.25, -0.2) is 0 Å². The van der Waals surface area contributed by atoms with E-state index in [9.17, 15) is 9.59 Å². The molecule has 90 valence electrons. The fourth-order valence-electron chi connectivity index (χ4n) is 1.93. The molecule has 2 rings (SSSR count). The molecule has 0 bridgehead atoms. The van der Waals surface area contributed by atoms with Crippen LogP contribution < -0.4 is 5.32 Å². The highest BCUT2D eigenvalue weighted by molar-refractivity contribution is 5.83. The van der Waals surface area contributed by atoms with Gasteiger partial charge in [-0.05, 0) is 5.56 Å². The summed E-state index contributed by atoms with van der Waals surface area (Å²) < 4.78 is 0. The van der Waals surface area contributed by atoms with E-state index in [1.165, 1.54) is 4.90 Å². The van der Waals surface area contributed by atoms with Gasteiger partial charge >= 0.3 is 5.97 Å². The van der Waals surface area contributed by atoms with Gasteiger partial charge in [-0.2, -0.15) is 0 Å². The van der Waals surface area contributed by atoms with Crippen LogP contribution in [0.15, 0.2) is 30.3 Å². The van der Waals surface area contributed by atoms with E-state index < -0.39 is 5.97 Å². The summed E-state index contributed by atoms with van der Waals surface area (Å²) in [5.41, 5.74) is 1.07. The van der Waals surface area contributed by atoms with Crippen molar-refractivity contribution in [2.24, 2.45) is 0 Å². The molecular weight excluding hydrogens is 220 g/mol. The molecule has 1 aromatic carbocycles. The summed E-state index contributed by atoms with van der Waals surface area (Å²) in [7, 11) is 0. The predicted octanol–water partition coefficient (Wildman–Crippen LogP) is 0.244. The molecule has 0 aromatic heterocycles. The van der Waals surface area contributed by atoms with Gasteiger partial charge in [0.05, 0.1) is 12.6 Å². The first kappa shape index (κ1) is 11.6. The lowest BCUT2D eigenvalue weighted by molar-refractivity contribution is -0.145. The van der Waals surface area contributed by atoms with Crippen LogP contribution in [0, 0.1) is 0 Å². The van der Waals surface area contributed by atoms with Crippen LogP contribution in [0.3, 0.4) is 0 Å². The fraction of sp³-hybridized carbons (Fsp3) is 0.333. The van der Waals surface area contributed by atoms with Crippen molar-refractivity contribution in [3.05, 3.63) is 35.9 Å². The Morgan fingerprint density at radius 2 is 2.12 bits per heavy atom. The van der Waals surface area contributed by atoms with Gasteiger partial charge in [0, 0.05) is 6.54 Å². The molecule has 0 saturated carbocycles. The molecule has 5 nitrogen and oxygen atoms in total. The van der Waals surface area contributed by atoms with Crippen molar-refractivity contribution >= 4 is 11.9 Å². The normalized spacial score (nSPS) is 20.4. The number of aliphatic carboxylic acids is 1. The lowest BCUT2D eigenvalue weighted by Gasteiger charge is -2.32. The van der Waals surface area contributed by atoms with E-state index in [0.29, 0.717) is 6.54 Å². The number of carbonyl (C=O) groups excluding carboxylic acids is 1. The molecule has 1 aliphatic rings. The third-order valence-electron chi connectivity index (χ3n) is 2.78. The Labute approximate surface area is 99.0 Å². The maximum absolute atomic E-state index is 11.5. The number of carboxylic acid groups (broad SMARTS) is 1. The molecule has 5 heteroatoms. The first-order valence-corrected chi connectivity index (χ1v) is 5.44. The second kappa shape index (κ2) is 4.97. The number of hydrogen-bond donors (Lipinski definition) is 2. The quantitative estimate of drug-likeness (QED) is 0.786. The summed E-state index contributed by atoms with van der Waals surface area (Å²) in [5.74, 6) is -1.15. The average Bonchev–Trinajstić information content (AvgIpc) is 2.32. The molecule has 2 N–H and O–H groups in total. The van der Waals surface area contributed by atoms with Crippen LogP contribution in [0.25, 0.3) is 0 Å². The molecule has 0 aliphatic carbocycles. The second-order valence-corrected chi connectivity index (χ2v) is 4.01. The SMILES string of the molecule is O=C(O)CN1C[C@H](c2ccccc2)NCC1=O. The minimum atomic E-state index is -0.980. The van der Waals surface area contributed by atoms with E-state index in [-0.39, 0.29) is 25.0 Å². The maximum atomic E-state index is 11.5. The predicted molar refractivity (Wildman–Crippen MR) is 61.4 cm³/mol. The van der Waals surface area contributed by atoms with E-state index in [4.69, 9.17) is 5.11 Å². The zero-order valence-corrected chi connectivity index (χ0v) is 9.30. The standard InChI is InChI=1S/C12H14N2O3/c15-11-6-13-10(7-14(11)8-12(16)17)9-4-2-1-3-5-9/h1-5,10,13H,6-8H2,(H,16,17)/t10-/m1/s1. The van der Waals surface area contributed by atoms with Crippen LogP contribution in [-0.2, 0) is 9.59 Å². The van der Waals surface area contributed by atoms with Crippen LogP contribution in [-0.4, -0.2) is 41.5 Å². The van der Waals surface area contributed by atoms with E-state index in [1.807, 2.05) is 30.3 Å². The number of rotatable bonds is 3.